The van der Waals surface area contributed by atoms with E-state index in [1.54, 1.807) is 68.4 Å². The monoisotopic (exact) mass is 575 g/mol. The van der Waals surface area contributed by atoms with E-state index in [2.05, 4.69) is 5.32 Å². The van der Waals surface area contributed by atoms with Crippen molar-refractivity contribution in [1.82, 2.24) is 10.2 Å². The van der Waals surface area contributed by atoms with Gasteiger partial charge in [0.25, 0.3) is 10.0 Å². The molecule has 0 unspecified atom stereocenters. The van der Waals surface area contributed by atoms with Crippen LogP contribution in [0.5, 0.6) is 0 Å². The summed E-state index contributed by atoms with van der Waals surface area (Å²) < 4.78 is 28.6. The molecule has 3 rings (SSSR count). The fourth-order valence-corrected chi connectivity index (χ4v) is 5.83. The van der Waals surface area contributed by atoms with Crippen molar-refractivity contribution in [3.05, 3.63) is 94.0 Å². The Morgan fingerprint density at radius 1 is 0.921 bits per heavy atom. The van der Waals surface area contributed by atoms with Gasteiger partial charge in [0.05, 0.1) is 20.6 Å². The fraction of sp³-hybridized carbons (Fsp3) is 0.286. The molecule has 10 heteroatoms. The molecule has 0 spiro atoms. The van der Waals surface area contributed by atoms with E-state index in [0.29, 0.717) is 34.3 Å². The van der Waals surface area contributed by atoms with E-state index in [1.165, 1.54) is 17.0 Å². The first-order valence-electron chi connectivity index (χ1n) is 12.2. The van der Waals surface area contributed by atoms with Crippen LogP contribution < -0.4 is 9.62 Å². The third-order valence-corrected chi connectivity index (χ3v) is 8.50. The van der Waals surface area contributed by atoms with E-state index in [-0.39, 0.29) is 17.3 Å². The summed E-state index contributed by atoms with van der Waals surface area (Å²) in [5, 5.41) is 3.45. The van der Waals surface area contributed by atoms with Crippen LogP contribution in [-0.2, 0) is 26.2 Å². The summed E-state index contributed by atoms with van der Waals surface area (Å²) in [7, 11) is -4.10. The van der Waals surface area contributed by atoms with E-state index in [4.69, 9.17) is 23.2 Å². The average Bonchev–Trinajstić information content (AvgIpc) is 2.89. The Morgan fingerprint density at radius 2 is 1.63 bits per heavy atom. The number of rotatable bonds is 11. The van der Waals surface area contributed by atoms with Crippen LogP contribution in [0.25, 0.3) is 0 Å². The number of carbonyl (C=O) groups excluding carboxylic acids is 2. The van der Waals surface area contributed by atoms with Gasteiger partial charge in [-0.3, -0.25) is 13.9 Å². The van der Waals surface area contributed by atoms with Crippen LogP contribution in [0.4, 0.5) is 5.69 Å². The lowest BCUT2D eigenvalue weighted by atomic mass is 10.1. The molecule has 202 valence electrons. The van der Waals surface area contributed by atoms with Crippen molar-refractivity contribution in [1.29, 1.82) is 0 Å². The number of aryl methyl sites for hydroxylation is 1. The summed E-state index contributed by atoms with van der Waals surface area (Å²) in [6, 6.07) is 19.0. The lowest BCUT2D eigenvalue weighted by Gasteiger charge is -2.33. The molecule has 3 aromatic carbocycles. The van der Waals surface area contributed by atoms with Crippen molar-refractivity contribution < 1.29 is 18.0 Å². The molecule has 7 nitrogen and oxygen atoms in total. The first-order valence-corrected chi connectivity index (χ1v) is 14.4. The predicted molar refractivity (Wildman–Crippen MR) is 152 cm³/mol. The number of hydrogen-bond donors (Lipinski definition) is 1. The quantitative estimate of drug-likeness (QED) is 0.330. The highest BCUT2D eigenvalue weighted by atomic mass is 35.5. The number of nitrogens with one attached hydrogen (secondary N) is 1. The second-order valence-electron chi connectivity index (χ2n) is 8.75. The number of nitrogens with zero attached hydrogens (tertiary/aromatic N) is 2. The normalized spacial score (nSPS) is 12.0. The number of anilines is 1. The van der Waals surface area contributed by atoms with Gasteiger partial charge in [0.1, 0.15) is 12.6 Å². The molecule has 0 aliphatic carbocycles. The highest BCUT2D eigenvalue weighted by molar-refractivity contribution is 7.92. The third kappa shape index (κ3) is 7.07. The van der Waals surface area contributed by atoms with Crippen LogP contribution in [0.1, 0.15) is 31.4 Å². The molecular formula is C28H31Cl2N3O4S. The Balaban J connectivity index is 2.06. The van der Waals surface area contributed by atoms with Gasteiger partial charge in [-0.05, 0) is 67.8 Å². The smallest absolute Gasteiger partial charge is 0.264 e. The van der Waals surface area contributed by atoms with Gasteiger partial charge in [0.2, 0.25) is 11.8 Å². The lowest BCUT2D eigenvalue weighted by molar-refractivity contribution is -0.140. The highest BCUT2D eigenvalue weighted by Gasteiger charge is 2.33. The Kier molecular flexibility index (Phi) is 10.2. The van der Waals surface area contributed by atoms with Crippen LogP contribution >= 0.6 is 23.2 Å². The van der Waals surface area contributed by atoms with E-state index in [9.17, 15) is 18.0 Å². The molecule has 0 radical (unpaired) electrons. The average molecular weight is 577 g/mol. The zero-order chi connectivity index (χ0) is 27.9. The number of carbonyl (C=O) groups is 2. The summed E-state index contributed by atoms with van der Waals surface area (Å²) in [4.78, 5) is 28.4. The zero-order valence-corrected chi connectivity index (χ0v) is 23.9. The van der Waals surface area contributed by atoms with Gasteiger partial charge in [-0.15, -0.1) is 0 Å². The molecule has 0 saturated carbocycles. The van der Waals surface area contributed by atoms with Crippen molar-refractivity contribution in [3.63, 3.8) is 0 Å². The Bertz CT molecular complexity index is 1380. The molecule has 0 aliphatic rings. The fourth-order valence-electron chi connectivity index (χ4n) is 4.08. The number of benzene rings is 3. The van der Waals surface area contributed by atoms with Gasteiger partial charge in [0, 0.05) is 13.1 Å². The standard InChI is InChI=1S/C28H31Cl2N3O4S/c1-4-26(28(35)31-5-2)32(18-21-14-15-24(29)25(30)17-21)27(34)19-33(22-11-9-10-20(3)16-22)38(36,37)23-12-7-6-8-13-23/h6-17,26H,4-5,18-19H2,1-3H3,(H,31,35)/t26-/m1/s1. The topological polar surface area (TPSA) is 86.8 Å². The summed E-state index contributed by atoms with van der Waals surface area (Å²) >= 11 is 12.3. The van der Waals surface area contributed by atoms with Crippen LogP contribution in [0.3, 0.4) is 0 Å². The number of hydrogen-bond acceptors (Lipinski definition) is 4. The Labute approximate surface area is 234 Å². The van der Waals surface area contributed by atoms with E-state index in [1.807, 2.05) is 13.0 Å². The van der Waals surface area contributed by atoms with E-state index in [0.717, 1.165) is 9.87 Å². The molecule has 0 heterocycles. The maximum absolute atomic E-state index is 13.9. The van der Waals surface area contributed by atoms with Crippen LogP contribution in [-0.4, -0.2) is 44.3 Å². The summed E-state index contributed by atoms with van der Waals surface area (Å²) in [5.74, 6) is -0.855. The molecule has 38 heavy (non-hydrogen) atoms. The van der Waals surface area contributed by atoms with Crippen LogP contribution in [0.2, 0.25) is 10.0 Å². The molecule has 0 bridgehead atoms. The van der Waals surface area contributed by atoms with Crippen molar-refractivity contribution in [2.45, 2.75) is 44.7 Å². The molecule has 1 atom stereocenters. The minimum absolute atomic E-state index is 0.0401. The SMILES string of the molecule is CCNC(=O)[C@@H](CC)N(Cc1ccc(Cl)c(Cl)c1)C(=O)CN(c1cccc(C)c1)S(=O)(=O)c1ccccc1. The minimum atomic E-state index is -4.10. The second-order valence-corrected chi connectivity index (χ2v) is 11.4. The second kappa shape index (κ2) is 13.1. The maximum Gasteiger partial charge on any atom is 0.264 e. The summed E-state index contributed by atoms with van der Waals surface area (Å²) in [6.45, 7) is 5.37. The van der Waals surface area contributed by atoms with Crippen LogP contribution in [0, 0.1) is 6.92 Å². The molecule has 0 fully saturated rings. The lowest BCUT2D eigenvalue weighted by Crippen LogP contribution is -2.52. The Morgan fingerprint density at radius 3 is 2.24 bits per heavy atom. The van der Waals surface area contributed by atoms with E-state index >= 15 is 0 Å². The third-order valence-electron chi connectivity index (χ3n) is 5.97. The number of likely N-dealkylation sites (N-methyl/N-ethyl adjacent to an activating group) is 1. The van der Waals surface area contributed by atoms with Gasteiger partial charge >= 0.3 is 0 Å². The number of amides is 2. The first-order chi connectivity index (χ1) is 18.1. The molecule has 0 saturated heterocycles. The molecule has 0 aliphatic heterocycles. The maximum atomic E-state index is 13.9. The van der Waals surface area contributed by atoms with Gasteiger partial charge in [-0.25, -0.2) is 8.42 Å². The first kappa shape index (κ1) is 29.5. The van der Waals surface area contributed by atoms with Gasteiger partial charge in [0.15, 0.2) is 0 Å². The van der Waals surface area contributed by atoms with Gasteiger partial charge in [-0.2, -0.15) is 0 Å². The Hall–Kier alpha value is -3.07. The van der Waals surface area contributed by atoms with Gasteiger partial charge < -0.3 is 10.2 Å². The summed E-state index contributed by atoms with van der Waals surface area (Å²) in [5.41, 5.74) is 1.84. The van der Waals surface area contributed by atoms with Crippen molar-refractivity contribution >= 4 is 50.7 Å². The largest absolute Gasteiger partial charge is 0.355 e. The van der Waals surface area contributed by atoms with Crippen LogP contribution in [0.15, 0.2) is 77.7 Å². The van der Waals surface area contributed by atoms with Crippen molar-refractivity contribution in [2.75, 3.05) is 17.4 Å². The molecule has 0 aromatic heterocycles. The summed E-state index contributed by atoms with van der Waals surface area (Å²) in [6.07, 6.45) is 0.328. The van der Waals surface area contributed by atoms with Crippen molar-refractivity contribution in [2.24, 2.45) is 0 Å². The molecular weight excluding hydrogens is 545 g/mol. The predicted octanol–water partition coefficient (Wildman–Crippen LogP) is 5.44. The molecule has 2 amide bonds. The molecule has 3 aromatic rings. The van der Waals surface area contributed by atoms with Crippen molar-refractivity contribution in [3.8, 4) is 0 Å². The highest BCUT2D eigenvalue weighted by Crippen LogP contribution is 2.27. The van der Waals surface area contributed by atoms with E-state index < -0.39 is 28.5 Å². The van der Waals surface area contributed by atoms with Gasteiger partial charge in [-0.1, -0.05) is 66.5 Å². The number of halogens is 2. The molecule has 1 N–H and O–H groups in total. The number of sulfonamides is 1. The minimum Gasteiger partial charge on any atom is -0.355 e. The zero-order valence-electron chi connectivity index (χ0n) is 21.5.